The van der Waals surface area contributed by atoms with Crippen molar-refractivity contribution in [3.63, 3.8) is 0 Å². The van der Waals surface area contributed by atoms with Crippen LogP contribution >= 0.6 is 27.5 Å². The molecular weight excluding hydrogens is 332 g/mol. The van der Waals surface area contributed by atoms with E-state index in [2.05, 4.69) is 26.2 Å². The first kappa shape index (κ1) is 15.6. The zero-order chi connectivity index (χ0) is 13.1. The summed E-state index contributed by atoms with van der Waals surface area (Å²) < 4.78 is 0.515. The number of aromatic nitrogens is 1. The molecule has 2 aromatic rings. The van der Waals surface area contributed by atoms with Crippen molar-refractivity contribution in [3.05, 3.63) is 57.3 Å². The molecule has 1 amide bonds. The van der Waals surface area contributed by atoms with E-state index < -0.39 is 0 Å². The third-order valence-corrected chi connectivity index (χ3v) is 3.47. The Morgan fingerprint density at radius 2 is 2.11 bits per heavy atom. The smallest absolute Gasteiger partial charge is 0.258 e. The number of rotatable bonds is 2. The molecule has 100 valence electrons. The van der Waals surface area contributed by atoms with Gasteiger partial charge in [-0.25, -0.2) is 4.98 Å². The van der Waals surface area contributed by atoms with E-state index in [1.807, 2.05) is 19.1 Å². The third kappa shape index (κ3) is 3.76. The Bertz CT molecular complexity index is 605. The first-order valence-corrected chi connectivity index (χ1v) is 6.43. The molecule has 19 heavy (non-hydrogen) atoms. The van der Waals surface area contributed by atoms with Crippen molar-refractivity contribution in [3.8, 4) is 0 Å². The quantitative estimate of drug-likeness (QED) is 0.850. The van der Waals surface area contributed by atoms with E-state index in [1.165, 1.54) is 0 Å². The number of aryl methyl sites for hydroxylation is 1. The van der Waals surface area contributed by atoms with Gasteiger partial charge < -0.3 is 10.8 Å². The monoisotopic (exact) mass is 342 g/mol. The maximum atomic E-state index is 12.0. The lowest BCUT2D eigenvalue weighted by Crippen LogP contribution is -2.13. The van der Waals surface area contributed by atoms with Gasteiger partial charge in [0.25, 0.3) is 5.91 Å². The van der Waals surface area contributed by atoms with Crippen LogP contribution in [0.1, 0.15) is 15.9 Å². The van der Waals surface area contributed by atoms with E-state index in [9.17, 15) is 4.79 Å². The van der Waals surface area contributed by atoms with Crippen LogP contribution in [0, 0.1) is 6.92 Å². The maximum Gasteiger partial charge on any atom is 0.258 e. The second kappa shape index (κ2) is 6.65. The molecule has 0 radical (unpaired) electrons. The van der Waals surface area contributed by atoms with Crippen molar-refractivity contribution in [2.24, 2.45) is 0 Å². The number of hydrogen-bond acceptors (Lipinski definition) is 2. The van der Waals surface area contributed by atoms with E-state index in [0.717, 1.165) is 5.56 Å². The third-order valence-electron chi connectivity index (χ3n) is 2.43. The summed E-state index contributed by atoms with van der Waals surface area (Å²) in [6.07, 6.45) is 1.61. The van der Waals surface area contributed by atoms with E-state index in [1.54, 1.807) is 24.4 Å². The molecule has 0 fully saturated rings. The van der Waals surface area contributed by atoms with Crippen LogP contribution < -0.4 is 5.32 Å². The van der Waals surface area contributed by atoms with Crippen LogP contribution in [0.25, 0.3) is 0 Å². The van der Waals surface area contributed by atoms with Gasteiger partial charge in [-0.15, -0.1) is 0 Å². The second-order valence-electron chi connectivity index (χ2n) is 3.76. The Morgan fingerprint density at radius 1 is 1.37 bits per heavy atom. The van der Waals surface area contributed by atoms with Crippen LogP contribution in [-0.4, -0.2) is 16.4 Å². The summed E-state index contributed by atoms with van der Waals surface area (Å²) in [7, 11) is 0. The first-order valence-electron chi connectivity index (χ1n) is 5.26. The highest BCUT2D eigenvalue weighted by molar-refractivity contribution is 9.10. The van der Waals surface area contributed by atoms with Crippen molar-refractivity contribution < 1.29 is 10.3 Å². The Balaban J connectivity index is 0.00000180. The van der Waals surface area contributed by atoms with E-state index in [0.29, 0.717) is 20.9 Å². The zero-order valence-electron chi connectivity index (χ0n) is 10.1. The molecule has 0 saturated heterocycles. The molecule has 1 aromatic carbocycles. The molecule has 0 aliphatic carbocycles. The molecule has 0 unspecified atom stereocenters. The molecule has 3 N–H and O–H groups in total. The van der Waals surface area contributed by atoms with Gasteiger partial charge in [0.1, 0.15) is 4.60 Å². The van der Waals surface area contributed by atoms with Gasteiger partial charge in [-0.1, -0.05) is 17.7 Å². The number of nitrogens with one attached hydrogen (secondary N) is 1. The molecule has 1 heterocycles. The molecule has 1 aromatic heterocycles. The number of hydrogen-bond donors (Lipinski definition) is 1. The van der Waals surface area contributed by atoms with Gasteiger partial charge in [-0.3, -0.25) is 4.79 Å². The molecule has 0 aliphatic rings. The summed E-state index contributed by atoms with van der Waals surface area (Å²) in [5, 5.41) is 3.40. The highest BCUT2D eigenvalue weighted by Crippen LogP contribution is 2.21. The van der Waals surface area contributed by atoms with Gasteiger partial charge in [0, 0.05) is 16.9 Å². The standard InChI is InChI=1S/C13H10BrClN2O.H2O/c1-8-4-5-9(7-11(8)15)17-13(18)10-3-2-6-16-12(10)14;/h2-7H,1H3,(H,17,18);1H2. The van der Waals surface area contributed by atoms with Crippen molar-refractivity contribution in [2.75, 3.05) is 5.32 Å². The Hall–Kier alpha value is -1.43. The Labute approximate surface area is 124 Å². The average molecular weight is 344 g/mol. The minimum absolute atomic E-state index is 0. The predicted molar refractivity (Wildman–Crippen MR) is 79.7 cm³/mol. The van der Waals surface area contributed by atoms with Crippen molar-refractivity contribution in [2.45, 2.75) is 6.92 Å². The molecule has 0 bridgehead atoms. The van der Waals surface area contributed by atoms with Crippen LogP contribution in [0.2, 0.25) is 5.02 Å². The number of benzene rings is 1. The Morgan fingerprint density at radius 3 is 2.74 bits per heavy atom. The minimum atomic E-state index is -0.227. The van der Waals surface area contributed by atoms with Gasteiger partial charge in [-0.2, -0.15) is 0 Å². The number of carbonyl (C=O) groups excluding carboxylic acids is 1. The minimum Gasteiger partial charge on any atom is -0.412 e. The van der Waals surface area contributed by atoms with Crippen molar-refractivity contribution in [1.29, 1.82) is 0 Å². The first-order chi connectivity index (χ1) is 8.58. The SMILES string of the molecule is Cc1ccc(NC(=O)c2cccnc2Br)cc1Cl.O. The highest BCUT2D eigenvalue weighted by Gasteiger charge is 2.10. The second-order valence-corrected chi connectivity index (χ2v) is 4.92. The molecule has 2 rings (SSSR count). The number of pyridine rings is 1. The van der Waals surface area contributed by atoms with Gasteiger partial charge in [0.15, 0.2) is 0 Å². The van der Waals surface area contributed by atoms with E-state index in [-0.39, 0.29) is 11.4 Å². The topological polar surface area (TPSA) is 73.5 Å². The summed E-state index contributed by atoms with van der Waals surface area (Å²) >= 11 is 9.24. The van der Waals surface area contributed by atoms with E-state index >= 15 is 0 Å². The average Bonchev–Trinajstić information content (AvgIpc) is 2.34. The van der Waals surface area contributed by atoms with Crippen molar-refractivity contribution >= 4 is 39.1 Å². The van der Waals surface area contributed by atoms with Crippen LogP contribution in [-0.2, 0) is 0 Å². The summed E-state index contributed by atoms with van der Waals surface area (Å²) in [6, 6.07) is 8.79. The van der Waals surface area contributed by atoms with E-state index in [4.69, 9.17) is 11.6 Å². The van der Waals surface area contributed by atoms with Crippen molar-refractivity contribution in [1.82, 2.24) is 4.98 Å². The predicted octanol–water partition coefficient (Wildman–Crippen LogP) is 3.23. The van der Waals surface area contributed by atoms with Crippen LogP contribution in [0.3, 0.4) is 0 Å². The molecule has 4 nitrogen and oxygen atoms in total. The lowest BCUT2D eigenvalue weighted by molar-refractivity contribution is 0.102. The van der Waals surface area contributed by atoms with Crippen LogP contribution in [0.4, 0.5) is 5.69 Å². The largest absolute Gasteiger partial charge is 0.412 e. The highest BCUT2D eigenvalue weighted by atomic mass is 79.9. The number of carbonyl (C=O) groups is 1. The number of amides is 1. The van der Waals surface area contributed by atoms with Gasteiger partial charge in [-0.05, 0) is 52.7 Å². The summed E-state index contributed by atoms with van der Waals surface area (Å²) in [5.74, 6) is -0.227. The molecule has 6 heteroatoms. The summed E-state index contributed by atoms with van der Waals surface area (Å²) in [4.78, 5) is 16.0. The number of nitrogens with zero attached hydrogens (tertiary/aromatic N) is 1. The molecule has 0 saturated carbocycles. The summed E-state index contributed by atoms with van der Waals surface area (Å²) in [5.41, 5.74) is 2.11. The molecule has 0 atom stereocenters. The maximum absolute atomic E-state index is 12.0. The van der Waals surface area contributed by atoms with Gasteiger partial charge >= 0.3 is 0 Å². The Kier molecular flexibility index (Phi) is 5.47. The summed E-state index contributed by atoms with van der Waals surface area (Å²) in [6.45, 7) is 1.91. The normalized spacial score (nSPS) is 9.63. The fourth-order valence-electron chi connectivity index (χ4n) is 1.42. The van der Waals surface area contributed by atoms with Gasteiger partial charge in [0.2, 0.25) is 0 Å². The lowest BCUT2D eigenvalue weighted by Gasteiger charge is -2.07. The zero-order valence-corrected chi connectivity index (χ0v) is 12.4. The fourth-order valence-corrected chi connectivity index (χ4v) is 2.04. The van der Waals surface area contributed by atoms with Crippen LogP contribution in [0.15, 0.2) is 41.1 Å². The van der Waals surface area contributed by atoms with Gasteiger partial charge in [0.05, 0.1) is 5.56 Å². The molecule has 0 aliphatic heterocycles. The number of halogens is 2. The molecule has 0 spiro atoms. The molecular formula is C13H12BrClN2O2. The van der Waals surface area contributed by atoms with Crippen LogP contribution in [0.5, 0.6) is 0 Å². The fraction of sp³-hybridized carbons (Fsp3) is 0.0769. The lowest BCUT2D eigenvalue weighted by atomic mass is 10.2. The number of anilines is 1.